The number of hydrogen-bond donors (Lipinski definition) is 2. The van der Waals surface area contributed by atoms with Gasteiger partial charge < -0.3 is 20.5 Å². The zero-order valence-corrected chi connectivity index (χ0v) is 15.3. The fraction of sp³-hybridized carbons (Fsp3) is 0.476. The summed E-state index contributed by atoms with van der Waals surface area (Å²) in [7, 11) is 0. The second-order valence-electron chi connectivity index (χ2n) is 7.32. The summed E-state index contributed by atoms with van der Waals surface area (Å²) in [6.45, 7) is 0. The maximum absolute atomic E-state index is 12.7. The van der Waals surface area contributed by atoms with E-state index in [9.17, 15) is 19.5 Å². The van der Waals surface area contributed by atoms with Crippen LogP contribution in [0.2, 0.25) is 0 Å². The Bertz CT molecular complexity index is 737. The highest BCUT2D eigenvalue weighted by molar-refractivity contribution is 6.04. The van der Waals surface area contributed by atoms with Crippen molar-refractivity contribution in [3.8, 4) is 0 Å². The van der Waals surface area contributed by atoms with Crippen LogP contribution in [0, 0.1) is 11.8 Å². The average molecular weight is 369 g/mol. The van der Waals surface area contributed by atoms with E-state index >= 15 is 0 Å². The van der Waals surface area contributed by atoms with Crippen molar-refractivity contribution in [2.75, 3.05) is 5.32 Å². The Morgan fingerprint density at radius 1 is 0.926 bits per heavy atom. The minimum absolute atomic E-state index is 0.168. The first kappa shape index (κ1) is 19.1. The van der Waals surface area contributed by atoms with E-state index in [1.54, 1.807) is 30.3 Å². The number of aliphatic carboxylic acids is 1. The number of rotatable bonds is 5. The van der Waals surface area contributed by atoms with Gasteiger partial charge in [0.2, 0.25) is 5.91 Å². The third kappa shape index (κ3) is 4.76. The van der Waals surface area contributed by atoms with Gasteiger partial charge in [-0.1, -0.05) is 43.5 Å². The molecule has 2 aliphatic carbocycles. The Labute approximate surface area is 159 Å². The van der Waals surface area contributed by atoms with E-state index in [-0.39, 0.29) is 18.4 Å². The molecule has 2 aliphatic rings. The van der Waals surface area contributed by atoms with Gasteiger partial charge in [0.15, 0.2) is 0 Å². The summed E-state index contributed by atoms with van der Waals surface area (Å²) in [5.74, 6) is -3.38. The summed E-state index contributed by atoms with van der Waals surface area (Å²) >= 11 is 0. The lowest BCUT2D eigenvalue weighted by Gasteiger charge is -2.28. The van der Waals surface area contributed by atoms with Crippen LogP contribution in [0.3, 0.4) is 0 Å². The topological polar surface area (TPSA) is 98.3 Å². The summed E-state index contributed by atoms with van der Waals surface area (Å²) in [5, 5.41) is 17.1. The van der Waals surface area contributed by atoms with Gasteiger partial charge in [-0.15, -0.1) is 0 Å². The molecule has 0 spiro atoms. The van der Waals surface area contributed by atoms with E-state index < -0.39 is 23.7 Å². The number of carboxylic acid groups (broad SMARTS) is 1. The molecule has 27 heavy (non-hydrogen) atoms. The normalized spacial score (nSPS) is 22.8. The molecule has 2 atom stereocenters. The monoisotopic (exact) mass is 369 g/mol. The number of nitrogens with one attached hydrogen (secondary N) is 2. The van der Waals surface area contributed by atoms with Crippen molar-refractivity contribution < 1.29 is 19.5 Å². The quantitative estimate of drug-likeness (QED) is 0.776. The molecular weight excluding hydrogens is 344 g/mol. The van der Waals surface area contributed by atoms with Crippen LogP contribution in [0.15, 0.2) is 36.4 Å². The van der Waals surface area contributed by atoms with Gasteiger partial charge in [0, 0.05) is 17.9 Å². The van der Waals surface area contributed by atoms with Crippen molar-refractivity contribution in [1.29, 1.82) is 0 Å². The maximum atomic E-state index is 12.7. The lowest BCUT2D eigenvalue weighted by molar-refractivity contribution is -0.313. The van der Waals surface area contributed by atoms with Crippen LogP contribution in [0.5, 0.6) is 0 Å². The van der Waals surface area contributed by atoms with Crippen molar-refractivity contribution in [3.05, 3.63) is 42.0 Å². The molecule has 1 aromatic rings. The first-order valence-electron chi connectivity index (χ1n) is 9.63. The van der Waals surface area contributed by atoms with Crippen molar-refractivity contribution in [1.82, 2.24) is 5.32 Å². The van der Waals surface area contributed by atoms with Gasteiger partial charge in [-0.05, 0) is 37.8 Å². The van der Waals surface area contributed by atoms with Crippen molar-refractivity contribution >= 4 is 23.5 Å². The number of allylic oxidation sites excluding steroid dienone is 2. The minimum Gasteiger partial charge on any atom is -0.550 e. The molecule has 0 bridgehead atoms. The fourth-order valence-corrected chi connectivity index (χ4v) is 3.89. The van der Waals surface area contributed by atoms with Crippen LogP contribution in [-0.4, -0.2) is 23.8 Å². The summed E-state index contributed by atoms with van der Waals surface area (Å²) in [5.41, 5.74) is 0.801. The van der Waals surface area contributed by atoms with Crippen LogP contribution in [0.25, 0.3) is 0 Å². The van der Waals surface area contributed by atoms with Crippen LogP contribution >= 0.6 is 0 Å². The van der Waals surface area contributed by atoms with E-state index in [2.05, 4.69) is 10.6 Å². The molecule has 0 radical (unpaired) electrons. The first-order valence-corrected chi connectivity index (χ1v) is 9.63. The van der Waals surface area contributed by atoms with E-state index in [0.717, 1.165) is 25.7 Å². The number of carbonyl (C=O) groups excluding carboxylic acids is 3. The average Bonchev–Trinajstić information content (AvgIpc) is 2.69. The minimum atomic E-state index is -1.22. The summed E-state index contributed by atoms with van der Waals surface area (Å²) in [4.78, 5) is 36.7. The zero-order valence-electron chi connectivity index (χ0n) is 15.3. The summed E-state index contributed by atoms with van der Waals surface area (Å²) < 4.78 is 0. The van der Waals surface area contributed by atoms with E-state index in [4.69, 9.17) is 0 Å². The number of anilines is 1. The molecule has 0 saturated heterocycles. The highest BCUT2D eigenvalue weighted by atomic mass is 16.4. The second kappa shape index (κ2) is 8.84. The van der Waals surface area contributed by atoms with E-state index in [1.165, 1.54) is 6.42 Å². The molecule has 6 heteroatoms. The van der Waals surface area contributed by atoms with Crippen molar-refractivity contribution in [2.24, 2.45) is 11.8 Å². The van der Waals surface area contributed by atoms with Gasteiger partial charge in [0.25, 0.3) is 5.91 Å². The molecule has 1 saturated carbocycles. The van der Waals surface area contributed by atoms with Crippen LogP contribution in [0.4, 0.5) is 5.69 Å². The second-order valence-corrected chi connectivity index (χ2v) is 7.32. The lowest BCUT2D eigenvalue weighted by atomic mass is 9.82. The Morgan fingerprint density at radius 3 is 2.30 bits per heavy atom. The lowest BCUT2D eigenvalue weighted by Crippen LogP contribution is -2.42. The molecule has 1 fully saturated rings. The molecule has 0 unspecified atom stereocenters. The molecule has 2 amide bonds. The molecule has 0 aromatic heterocycles. The highest BCUT2D eigenvalue weighted by Crippen LogP contribution is 2.27. The Balaban J connectivity index is 1.71. The van der Waals surface area contributed by atoms with Gasteiger partial charge >= 0.3 is 0 Å². The van der Waals surface area contributed by atoms with Gasteiger partial charge in [-0.3, -0.25) is 9.59 Å². The third-order valence-electron chi connectivity index (χ3n) is 5.44. The molecule has 0 heterocycles. The Hall–Kier alpha value is -2.63. The molecule has 0 aliphatic heterocycles. The summed E-state index contributed by atoms with van der Waals surface area (Å²) in [6, 6.07) is 6.99. The molecule has 1 aromatic carbocycles. The molecule has 2 N–H and O–H groups in total. The Morgan fingerprint density at radius 2 is 1.59 bits per heavy atom. The SMILES string of the molecule is O=C(NC1CCCCC1)c1ccccc1NC(=O)[C@H]1CC=CC[C@H]1C(=O)[O-]. The number of amides is 2. The zero-order chi connectivity index (χ0) is 19.2. The third-order valence-corrected chi connectivity index (χ3v) is 5.44. The largest absolute Gasteiger partial charge is 0.550 e. The molecule has 144 valence electrons. The van der Waals surface area contributed by atoms with Crippen LogP contribution < -0.4 is 15.7 Å². The number of hydrogen-bond acceptors (Lipinski definition) is 4. The van der Waals surface area contributed by atoms with Gasteiger partial charge in [-0.25, -0.2) is 0 Å². The highest BCUT2D eigenvalue weighted by Gasteiger charge is 2.30. The van der Waals surface area contributed by atoms with E-state index in [1.807, 2.05) is 6.08 Å². The van der Waals surface area contributed by atoms with Crippen molar-refractivity contribution in [3.63, 3.8) is 0 Å². The fourth-order valence-electron chi connectivity index (χ4n) is 3.89. The van der Waals surface area contributed by atoms with E-state index in [0.29, 0.717) is 17.7 Å². The van der Waals surface area contributed by atoms with Crippen molar-refractivity contribution in [2.45, 2.75) is 51.0 Å². The molecule has 6 nitrogen and oxygen atoms in total. The molecular formula is C21H25N2O4-. The summed E-state index contributed by atoms with van der Waals surface area (Å²) in [6.07, 6.45) is 9.58. The van der Waals surface area contributed by atoms with Crippen LogP contribution in [0.1, 0.15) is 55.3 Å². The maximum Gasteiger partial charge on any atom is 0.253 e. The predicted octanol–water partition coefficient (Wildman–Crippen LogP) is 2.02. The number of benzene rings is 1. The smallest absolute Gasteiger partial charge is 0.253 e. The molecule has 3 rings (SSSR count). The predicted molar refractivity (Wildman–Crippen MR) is 99.8 cm³/mol. The Kier molecular flexibility index (Phi) is 6.27. The van der Waals surface area contributed by atoms with Gasteiger partial charge in [-0.2, -0.15) is 0 Å². The number of carbonyl (C=O) groups is 3. The standard InChI is InChI=1S/C21H26N2O4/c24-19(15-10-4-5-11-16(15)21(26)27)23-18-13-7-6-12-17(18)20(25)22-14-8-2-1-3-9-14/h4-7,12-16H,1-3,8-11H2,(H,22,25)(H,23,24)(H,26,27)/p-1/t15-,16+/m0/s1. The van der Waals surface area contributed by atoms with Gasteiger partial charge in [0.1, 0.15) is 0 Å². The van der Waals surface area contributed by atoms with Crippen LogP contribution in [-0.2, 0) is 9.59 Å². The number of carboxylic acids is 1. The van der Waals surface area contributed by atoms with Gasteiger partial charge in [0.05, 0.1) is 17.2 Å². The first-order chi connectivity index (χ1) is 13.1. The number of para-hydroxylation sites is 1.